The number of fused-ring (bicyclic) bond motifs is 1. The molecule has 0 aliphatic heterocycles. The van der Waals surface area contributed by atoms with Crippen LogP contribution in [0.25, 0.3) is 10.8 Å². The van der Waals surface area contributed by atoms with Gasteiger partial charge in [0.1, 0.15) is 11.5 Å². The Balaban J connectivity index is 1.57. The molecular formula is C22H16N4O2. The zero-order chi connectivity index (χ0) is 19.3. The molecule has 0 heterocycles. The second kappa shape index (κ2) is 7.67. The van der Waals surface area contributed by atoms with Crippen molar-refractivity contribution in [1.29, 1.82) is 0 Å². The van der Waals surface area contributed by atoms with E-state index in [1.807, 2.05) is 30.3 Å². The van der Waals surface area contributed by atoms with Crippen molar-refractivity contribution >= 4 is 33.5 Å². The van der Waals surface area contributed by atoms with Gasteiger partial charge in [0.05, 0.1) is 28.1 Å². The van der Waals surface area contributed by atoms with E-state index in [2.05, 4.69) is 20.5 Å². The maximum atomic E-state index is 10.1. The Hall–Kier alpha value is -4.06. The summed E-state index contributed by atoms with van der Waals surface area (Å²) in [6, 6.07) is 24.7. The van der Waals surface area contributed by atoms with Gasteiger partial charge in [0.25, 0.3) is 0 Å². The van der Waals surface area contributed by atoms with Gasteiger partial charge in [-0.2, -0.15) is 15.3 Å². The predicted octanol–water partition coefficient (Wildman–Crippen LogP) is 7.08. The predicted molar refractivity (Wildman–Crippen MR) is 109 cm³/mol. The summed E-state index contributed by atoms with van der Waals surface area (Å²) in [4.78, 5) is 0. The standard InChI is InChI=1S/C22H16N4O2/c27-20-14-13-19(22-18(20)7-4-8-21(22)28)26-25-17-11-9-16(10-12-17)24-23-15-5-2-1-3-6-15/h1-14,27-28H. The topological polar surface area (TPSA) is 89.9 Å². The number of benzene rings is 4. The SMILES string of the molecule is Oc1ccc(N=Nc2ccc(N=Nc3ccccc3)cc2)c2c(O)cccc12. The Bertz CT molecular complexity index is 1170. The van der Waals surface area contributed by atoms with Gasteiger partial charge in [0.15, 0.2) is 0 Å². The van der Waals surface area contributed by atoms with E-state index in [0.717, 1.165) is 5.69 Å². The molecule has 0 fully saturated rings. The van der Waals surface area contributed by atoms with Crippen molar-refractivity contribution in [3.63, 3.8) is 0 Å². The van der Waals surface area contributed by atoms with Gasteiger partial charge in [-0.15, -0.1) is 5.11 Å². The van der Waals surface area contributed by atoms with Crippen molar-refractivity contribution in [2.24, 2.45) is 20.5 Å². The number of hydrogen-bond donors (Lipinski definition) is 2. The third-order valence-corrected chi connectivity index (χ3v) is 4.13. The minimum Gasteiger partial charge on any atom is -0.507 e. The van der Waals surface area contributed by atoms with Gasteiger partial charge in [0.2, 0.25) is 0 Å². The third kappa shape index (κ3) is 3.71. The van der Waals surface area contributed by atoms with Gasteiger partial charge in [0, 0.05) is 5.39 Å². The second-order valence-electron chi connectivity index (χ2n) is 6.06. The fourth-order valence-electron chi connectivity index (χ4n) is 2.74. The van der Waals surface area contributed by atoms with Gasteiger partial charge in [-0.1, -0.05) is 30.3 Å². The lowest BCUT2D eigenvalue weighted by Crippen LogP contribution is -1.76. The van der Waals surface area contributed by atoms with E-state index in [-0.39, 0.29) is 11.5 Å². The van der Waals surface area contributed by atoms with E-state index >= 15 is 0 Å². The van der Waals surface area contributed by atoms with Crippen LogP contribution in [0, 0.1) is 0 Å². The van der Waals surface area contributed by atoms with Gasteiger partial charge in [-0.3, -0.25) is 0 Å². The molecule has 2 N–H and O–H groups in total. The van der Waals surface area contributed by atoms with E-state index < -0.39 is 0 Å². The van der Waals surface area contributed by atoms with Crippen molar-refractivity contribution in [2.75, 3.05) is 0 Å². The van der Waals surface area contributed by atoms with Crippen LogP contribution in [0.3, 0.4) is 0 Å². The summed E-state index contributed by atoms with van der Waals surface area (Å²) in [5, 5.41) is 37.9. The second-order valence-corrected chi connectivity index (χ2v) is 6.06. The van der Waals surface area contributed by atoms with Crippen molar-refractivity contribution in [1.82, 2.24) is 0 Å². The molecule has 4 rings (SSSR count). The number of phenols is 2. The summed E-state index contributed by atoms with van der Waals surface area (Å²) < 4.78 is 0. The van der Waals surface area contributed by atoms with Gasteiger partial charge in [-0.25, -0.2) is 0 Å². The molecule has 0 bridgehead atoms. The van der Waals surface area contributed by atoms with Gasteiger partial charge < -0.3 is 10.2 Å². The molecule has 4 aromatic carbocycles. The first kappa shape index (κ1) is 17.4. The fraction of sp³-hybridized carbons (Fsp3) is 0. The molecule has 0 amide bonds. The van der Waals surface area contributed by atoms with Crippen molar-refractivity contribution in [2.45, 2.75) is 0 Å². The minimum atomic E-state index is 0.0408. The quantitative estimate of drug-likeness (QED) is 0.377. The number of azo groups is 2. The van der Waals surface area contributed by atoms with Crippen molar-refractivity contribution in [3.8, 4) is 11.5 Å². The number of nitrogens with zero attached hydrogens (tertiary/aromatic N) is 4. The lowest BCUT2D eigenvalue weighted by molar-refractivity contribution is 0.475. The molecule has 0 aliphatic rings. The first-order valence-electron chi connectivity index (χ1n) is 8.63. The van der Waals surface area contributed by atoms with E-state index in [0.29, 0.717) is 27.8 Å². The minimum absolute atomic E-state index is 0.0408. The summed E-state index contributed by atoms with van der Waals surface area (Å²) in [6.45, 7) is 0. The Morgan fingerprint density at radius 3 is 1.75 bits per heavy atom. The normalized spacial score (nSPS) is 11.6. The van der Waals surface area contributed by atoms with Crippen LogP contribution in [-0.2, 0) is 0 Å². The summed E-state index contributed by atoms with van der Waals surface area (Å²) >= 11 is 0. The molecule has 6 heteroatoms. The lowest BCUT2D eigenvalue weighted by Gasteiger charge is -2.05. The van der Waals surface area contributed by atoms with Crippen LogP contribution < -0.4 is 0 Å². The third-order valence-electron chi connectivity index (χ3n) is 4.13. The molecule has 0 saturated heterocycles. The van der Waals surface area contributed by atoms with Crippen molar-refractivity contribution in [3.05, 3.63) is 84.9 Å². The van der Waals surface area contributed by atoms with Crippen LogP contribution in [0.4, 0.5) is 22.7 Å². The first-order valence-corrected chi connectivity index (χ1v) is 8.63. The Kier molecular flexibility index (Phi) is 4.76. The highest BCUT2D eigenvalue weighted by atomic mass is 16.3. The van der Waals surface area contributed by atoms with E-state index in [4.69, 9.17) is 0 Å². The van der Waals surface area contributed by atoms with Crippen LogP contribution in [0.2, 0.25) is 0 Å². The molecule has 0 atom stereocenters. The highest BCUT2D eigenvalue weighted by Crippen LogP contribution is 2.38. The molecule has 136 valence electrons. The lowest BCUT2D eigenvalue weighted by atomic mass is 10.1. The molecule has 0 radical (unpaired) electrons. The molecule has 0 unspecified atom stereocenters. The van der Waals surface area contributed by atoms with E-state index in [1.54, 1.807) is 48.5 Å². The zero-order valence-electron chi connectivity index (χ0n) is 14.8. The molecule has 0 spiro atoms. The highest BCUT2D eigenvalue weighted by molar-refractivity contribution is 6.00. The fourth-order valence-corrected chi connectivity index (χ4v) is 2.74. The number of hydrogen-bond acceptors (Lipinski definition) is 6. The summed E-state index contributed by atoms with van der Waals surface area (Å²) in [6.07, 6.45) is 0. The molecule has 0 aliphatic carbocycles. The Morgan fingerprint density at radius 2 is 1.07 bits per heavy atom. The monoisotopic (exact) mass is 368 g/mol. The van der Waals surface area contributed by atoms with Crippen LogP contribution >= 0.6 is 0 Å². The molecule has 28 heavy (non-hydrogen) atoms. The molecule has 6 nitrogen and oxygen atoms in total. The van der Waals surface area contributed by atoms with Crippen molar-refractivity contribution < 1.29 is 10.2 Å². The van der Waals surface area contributed by atoms with Gasteiger partial charge in [-0.05, 0) is 54.6 Å². The zero-order valence-corrected chi connectivity index (χ0v) is 14.8. The number of rotatable bonds is 4. The molecule has 4 aromatic rings. The largest absolute Gasteiger partial charge is 0.507 e. The van der Waals surface area contributed by atoms with Gasteiger partial charge >= 0.3 is 0 Å². The van der Waals surface area contributed by atoms with Crippen LogP contribution in [0.1, 0.15) is 0 Å². The average molecular weight is 368 g/mol. The number of phenolic OH excluding ortho intramolecular Hbond substituents is 2. The molecule has 0 aromatic heterocycles. The average Bonchev–Trinajstić information content (AvgIpc) is 2.74. The summed E-state index contributed by atoms with van der Waals surface area (Å²) in [5.41, 5.74) is 2.59. The Morgan fingerprint density at radius 1 is 0.464 bits per heavy atom. The van der Waals surface area contributed by atoms with E-state index in [9.17, 15) is 10.2 Å². The van der Waals surface area contributed by atoms with Crippen LogP contribution in [0.15, 0.2) is 105 Å². The maximum absolute atomic E-state index is 10.1. The van der Waals surface area contributed by atoms with Crippen LogP contribution in [0.5, 0.6) is 11.5 Å². The first-order chi connectivity index (χ1) is 13.7. The Labute approximate surface area is 161 Å². The summed E-state index contributed by atoms with van der Waals surface area (Å²) in [5.74, 6) is 0.122. The highest BCUT2D eigenvalue weighted by Gasteiger charge is 2.09. The molecule has 0 saturated carbocycles. The summed E-state index contributed by atoms with van der Waals surface area (Å²) in [7, 11) is 0. The van der Waals surface area contributed by atoms with Crippen LogP contribution in [-0.4, -0.2) is 10.2 Å². The number of aromatic hydroxyl groups is 2. The van der Waals surface area contributed by atoms with E-state index in [1.165, 1.54) is 6.07 Å². The maximum Gasteiger partial charge on any atom is 0.125 e. The molecular weight excluding hydrogens is 352 g/mol. The smallest absolute Gasteiger partial charge is 0.125 e.